The number of hydrogen-bond donors (Lipinski definition) is 1. The number of aromatic nitrogens is 1. The van der Waals surface area contributed by atoms with Gasteiger partial charge in [0.2, 0.25) is 5.82 Å². The van der Waals surface area contributed by atoms with Gasteiger partial charge in [0.15, 0.2) is 0 Å². The summed E-state index contributed by atoms with van der Waals surface area (Å²) in [4.78, 5) is 14.6. The van der Waals surface area contributed by atoms with Crippen molar-refractivity contribution in [1.82, 2.24) is 4.98 Å². The molecule has 2 heterocycles. The molecular weight excluding hydrogens is 222 g/mol. The van der Waals surface area contributed by atoms with E-state index in [4.69, 9.17) is 4.74 Å². The van der Waals surface area contributed by atoms with Crippen molar-refractivity contribution in [1.29, 1.82) is 0 Å². The second-order valence-corrected chi connectivity index (χ2v) is 4.19. The number of ether oxygens (including phenoxy) is 1. The second kappa shape index (κ2) is 5.09. The van der Waals surface area contributed by atoms with E-state index >= 15 is 0 Å². The fourth-order valence-corrected chi connectivity index (χ4v) is 1.90. The van der Waals surface area contributed by atoms with Gasteiger partial charge in [-0.1, -0.05) is 0 Å². The van der Waals surface area contributed by atoms with Crippen molar-refractivity contribution < 1.29 is 9.66 Å². The Balaban J connectivity index is 2.09. The van der Waals surface area contributed by atoms with Crippen LogP contribution in [0.5, 0.6) is 0 Å². The summed E-state index contributed by atoms with van der Waals surface area (Å²) in [7, 11) is 0. The minimum Gasteiger partial charge on any atom is -0.381 e. The molecule has 0 bridgehead atoms. The molecule has 1 unspecified atom stereocenters. The minimum atomic E-state index is -0.393. The van der Waals surface area contributed by atoms with Crippen LogP contribution in [0.25, 0.3) is 0 Å². The largest absolute Gasteiger partial charge is 0.381 e. The molecule has 1 aromatic rings. The van der Waals surface area contributed by atoms with Gasteiger partial charge < -0.3 is 10.1 Å². The van der Waals surface area contributed by atoms with E-state index in [2.05, 4.69) is 10.3 Å². The summed E-state index contributed by atoms with van der Waals surface area (Å²) < 4.78 is 5.25. The van der Waals surface area contributed by atoms with E-state index in [0.717, 1.165) is 13.0 Å². The number of nitro groups is 1. The molecular formula is C11H15N3O3. The molecule has 0 aliphatic carbocycles. The van der Waals surface area contributed by atoms with E-state index in [1.807, 2.05) is 0 Å². The molecule has 1 aromatic heterocycles. The summed E-state index contributed by atoms with van der Waals surface area (Å²) >= 11 is 0. The minimum absolute atomic E-state index is 0.0615. The maximum Gasteiger partial charge on any atom is 0.314 e. The smallest absolute Gasteiger partial charge is 0.314 e. The predicted octanol–water partition coefficient (Wildman–Crippen LogP) is 1.75. The van der Waals surface area contributed by atoms with Crippen molar-refractivity contribution in [2.45, 2.75) is 13.3 Å². The normalized spacial score (nSPS) is 19.2. The summed E-state index contributed by atoms with van der Waals surface area (Å²) in [6.07, 6.45) is 2.57. The van der Waals surface area contributed by atoms with Gasteiger partial charge in [0, 0.05) is 30.8 Å². The maximum atomic E-state index is 10.9. The molecule has 0 saturated carbocycles. The maximum absolute atomic E-state index is 10.9. The Morgan fingerprint density at radius 1 is 1.71 bits per heavy atom. The van der Waals surface area contributed by atoms with Crippen molar-refractivity contribution in [3.05, 3.63) is 27.9 Å². The van der Waals surface area contributed by atoms with E-state index in [1.165, 1.54) is 0 Å². The third-order valence-corrected chi connectivity index (χ3v) is 2.89. The first-order valence-electron chi connectivity index (χ1n) is 5.60. The van der Waals surface area contributed by atoms with E-state index in [-0.39, 0.29) is 5.69 Å². The Morgan fingerprint density at radius 2 is 2.53 bits per heavy atom. The molecule has 1 fully saturated rings. The number of rotatable bonds is 4. The summed E-state index contributed by atoms with van der Waals surface area (Å²) in [6.45, 7) is 3.86. The first kappa shape index (κ1) is 11.8. The van der Waals surface area contributed by atoms with E-state index < -0.39 is 4.92 Å². The molecule has 0 aromatic carbocycles. The lowest BCUT2D eigenvalue weighted by atomic mass is 10.1. The SMILES string of the molecule is Cc1ccnc(NCC2CCOC2)c1[N+](=O)[O-]. The number of nitrogens with one attached hydrogen (secondary N) is 1. The number of anilines is 1. The highest BCUT2D eigenvalue weighted by atomic mass is 16.6. The standard InChI is InChI=1S/C11H15N3O3/c1-8-2-4-12-11(10(8)14(15)16)13-6-9-3-5-17-7-9/h2,4,9H,3,5-7H2,1H3,(H,12,13). The van der Waals surface area contributed by atoms with Crippen molar-refractivity contribution in [3.63, 3.8) is 0 Å². The lowest BCUT2D eigenvalue weighted by Crippen LogP contribution is -2.16. The third-order valence-electron chi connectivity index (χ3n) is 2.89. The Kier molecular flexibility index (Phi) is 3.53. The molecule has 1 saturated heterocycles. The van der Waals surface area contributed by atoms with Gasteiger partial charge in [-0.3, -0.25) is 10.1 Å². The average Bonchev–Trinajstić information content (AvgIpc) is 2.78. The molecule has 1 aliphatic rings. The average molecular weight is 237 g/mol. The first-order chi connectivity index (χ1) is 8.18. The molecule has 1 N–H and O–H groups in total. The molecule has 17 heavy (non-hydrogen) atoms. The molecule has 1 atom stereocenters. The van der Waals surface area contributed by atoms with Crippen LogP contribution >= 0.6 is 0 Å². The van der Waals surface area contributed by atoms with Crippen LogP contribution in [0.4, 0.5) is 11.5 Å². The van der Waals surface area contributed by atoms with Crippen LogP contribution in [-0.4, -0.2) is 29.7 Å². The highest BCUT2D eigenvalue weighted by molar-refractivity contribution is 5.59. The topological polar surface area (TPSA) is 77.3 Å². The quantitative estimate of drug-likeness (QED) is 0.637. The third kappa shape index (κ3) is 2.71. The van der Waals surface area contributed by atoms with Gasteiger partial charge in [-0.15, -0.1) is 0 Å². The lowest BCUT2D eigenvalue weighted by molar-refractivity contribution is -0.384. The zero-order valence-electron chi connectivity index (χ0n) is 9.68. The van der Waals surface area contributed by atoms with Crippen LogP contribution < -0.4 is 5.32 Å². The molecule has 0 spiro atoms. The van der Waals surface area contributed by atoms with Crippen LogP contribution in [0.2, 0.25) is 0 Å². The zero-order valence-corrected chi connectivity index (χ0v) is 9.68. The van der Waals surface area contributed by atoms with E-state index in [0.29, 0.717) is 30.5 Å². The van der Waals surface area contributed by atoms with E-state index in [9.17, 15) is 10.1 Å². The van der Waals surface area contributed by atoms with Crippen molar-refractivity contribution in [2.24, 2.45) is 5.92 Å². The van der Waals surface area contributed by atoms with Crippen LogP contribution in [0.15, 0.2) is 12.3 Å². The van der Waals surface area contributed by atoms with Crippen molar-refractivity contribution in [2.75, 3.05) is 25.1 Å². The monoisotopic (exact) mass is 237 g/mol. The molecule has 0 radical (unpaired) electrons. The molecule has 1 aliphatic heterocycles. The number of nitrogens with zero attached hydrogens (tertiary/aromatic N) is 2. The van der Waals surface area contributed by atoms with Crippen LogP contribution in [-0.2, 0) is 4.74 Å². The molecule has 6 heteroatoms. The Bertz CT molecular complexity index is 416. The van der Waals surface area contributed by atoms with Gasteiger partial charge in [0.05, 0.1) is 11.5 Å². The Hall–Kier alpha value is -1.69. The van der Waals surface area contributed by atoms with Gasteiger partial charge in [0.25, 0.3) is 0 Å². The van der Waals surface area contributed by atoms with Crippen molar-refractivity contribution in [3.8, 4) is 0 Å². The number of hydrogen-bond acceptors (Lipinski definition) is 5. The van der Waals surface area contributed by atoms with Crippen LogP contribution in [0.1, 0.15) is 12.0 Å². The second-order valence-electron chi connectivity index (χ2n) is 4.19. The van der Waals surface area contributed by atoms with Crippen LogP contribution in [0, 0.1) is 23.0 Å². The van der Waals surface area contributed by atoms with Crippen LogP contribution in [0.3, 0.4) is 0 Å². The van der Waals surface area contributed by atoms with Gasteiger partial charge >= 0.3 is 5.69 Å². The number of pyridine rings is 1. The number of aryl methyl sites for hydroxylation is 1. The predicted molar refractivity (Wildman–Crippen MR) is 63.0 cm³/mol. The van der Waals surface area contributed by atoms with Gasteiger partial charge in [0.1, 0.15) is 0 Å². The summed E-state index contributed by atoms with van der Waals surface area (Å²) in [5, 5.41) is 14.0. The van der Waals surface area contributed by atoms with Gasteiger partial charge in [-0.2, -0.15) is 0 Å². The highest BCUT2D eigenvalue weighted by Gasteiger charge is 2.20. The highest BCUT2D eigenvalue weighted by Crippen LogP contribution is 2.26. The van der Waals surface area contributed by atoms with Gasteiger partial charge in [-0.05, 0) is 19.4 Å². The van der Waals surface area contributed by atoms with Crippen molar-refractivity contribution >= 4 is 11.5 Å². The molecule has 2 rings (SSSR count). The fourth-order valence-electron chi connectivity index (χ4n) is 1.90. The Labute approximate surface area is 99.2 Å². The lowest BCUT2D eigenvalue weighted by Gasteiger charge is -2.10. The van der Waals surface area contributed by atoms with E-state index in [1.54, 1.807) is 19.2 Å². The zero-order chi connectivity index (χ0) is 12.3. The molecule has 6 nitrogen and oxygen atoms in total. The van der Waals surface area contributed by atoms with Gasteiger partial charge in [-0.25, -0.2) is 4.98 Å². The molecule has 92 valence electrons. The molecule has 0 amide bonds. The summed E-state index contributed by atoms with van der Waals surface area (Å²) in [5.41, 5.74) is 0.682. The first-order valence-corrected chi connectivity index (χ1v) is 5.60. The summed E-state index contributed by atoms with van der Waals surface area (Å²) in [5.74, 6) is 0.763. The Morgan fingerprint density at radius 3 is 3.18 bits per heavy atom. The fraction of sp³-hybridized carbons (Fsp3) is 0.545. The summed E-state index contributed by atoms with van der Waals surface area (Å²) in [6, 6.07) is 1.64.